The number of carbonyl (C=O) groups is 1. The Bertz CT molecular complexity index is 1150. The molecule has 0 radical (unpaired) electrons. The molecule has 3 rings (SSSR count). The van der Waals surface area contributed by atoms with Crippen molar-refractivity contribution in [1.82, 2.24) is 0 Å². The van der Waals surface area contributed by atoms with E-state index in [2.05, 4.69) is 5.32 Å². The number of para-hydroxylation sites is 1. The lowest BCUT2D eigenvalue weighted by Gasteiger charge is -2.23. The van der Waals surface area contributed by atoms with Crippen LogP contribution in [-0.2, 0) is 10.0 Å². The third kappa shape index (κ3) is 4.47. The first-order valence-corrected chi connectivity index (χ1v) is 10.5. The Kier molecular flexibility index (Phi) is 6.12. The minimum atomic E-state index is -3.76. The van der Waals surface area contributed by atoms with Crippen LogP contribution in [0.5, 0.6) is 0 Å². The molecule has 0 heterocycles. The van der Waals surface area contributed by atoms with Gasteiger partial charge in [-0.2, -0.15) is 0 Å². The number of nitro groups is 1. The zero-order valence-corrected chi connectivity index (χ0v) is 16.9. The molecule has 1 N–H and O–H groups in total. The highest BCUT2D eigenvalue weighted by Gasteiger charge is 2.23. The van der Waals surface area contributed by atoms with Gasteiger partial charge in [0.2, 0.25) is 0 Å². The zero-order chi connectivity index (χ0) is 21.7. The third-order valence-corrected chi connectivity index (χ3v) is 6.29. The number of hydrogen-bond donors (Lipinski definition) is 1. The summed E-state index contributed by atoms with van der Waals surface area (Å²) in [6.07, 6.45) is 0. The van der Waals surface area contributed by atoms with Crippen molar-refractivity contribution >= 4 is 33.0 Å². The fraction of sp³-hybridized carbons (Fsp3) is 0.0952. The predicted molar refractivity (Wildman–Crippen MR) is 114 cm³/mol. The molecule has 0 spiro atoms. The van der Waals surface area contributed by atoms with E-state index in [1.165, 1.54) is 52.8 Å². The second kappa shape index (κ2) is 8.75. The van der Waals surface area contributed by atoms with Gasteiger partial charge in [0.1, 0.15) is 0 Å². The van der Waals surface area contributed by atoms with Gasteiger partial charge in [-0.25, -0.2) is 8.42 Å². The number of sulfonamides is 1. The largest absolute Gasteiger partial charge is 0.322 e. The molecular weight excluding hydrogens is 406 g/mol. The highest BCUT2D eigenvalue weighted by atomic mass is 32.2. The fourth-order valence-electron chi connectivity index (χ4n) is 2.86. The Hall–Kier alpha value is -3.72. The van der Waals surface area contributed by atoms with Crippen LogP contribution in [0.4, 0.5) is 17.1 Å². The summed E-state index contributed by atoms with van der Waals surface area (Å²) in [5.41, 5.74) is 1.11. The van der Waals surface area contributed by atoms with E-state index in [0.717, 1.165) is 0 Å². The Morgan fingerprint density at radius 1 is 0.967 bits per heavy atom. The molecule has 0 unspecified atom stereocenters. The third-order valence-electron chi connectivity index (χ3n) is 4.37. The number of nitro benzene ring substituents is 1. The maximum Gasteiger partial charge on any atom is 0.269 e. The number of amides is 1. The molecule has 0 saturated heterocycles. The van der Waals surface area contributed by atoms with Crippen LogP contribution in [0.1, 0.15) is 17.3 Å². The molecule has 3 aromatic carbocycles. The molecule has 0 aliphatic heterocycles. The van der Waals surface area contributed by atoms with Crippen LogP contribution in [-0.4, -0.2) is 25.8 Å². The number of carbonyl (C=O) groups excluding carboxylic acids is 1. The zero-order valence-electron chi connectivity index (χ0n) is 16.1. The summed E-state index contributed by atoms with van der Waals surface area (Å²) in [5, 5.41) is 13.3. The van der Waals surface area contributed by atoms with Gasteiger partial charge in [0.25, 0.3) is 21.6 Å². The molecule has 0 fully saturated rings. The minimum Gasteiger partial charge on any atom is -0.322 e. The first kappa shape index (κ1) is 21.0. The second-order valence-corrected chi connectivity index (χ2v) is 8.15. The molecule has 1 amide bonds. The lowest BCUT2D eigenvalue weighted by atomic mass is 10.2. The van der Waals surface area contributed by atoms with Crippen molar-refractivity contribution in [3.05, 3.63) is 94.5 Å². The number of benzene rings is 3. The normalized spacial score (nSPS) is 11.0. The highest BCUT2D eigenvalue weighted by Crippen LogP contribution is 2.24. The van der Waals surface area contributed by atoms with Gasteiger partial charge >= 0.3 is 0 Å². The molecule has 0 aliphatic rings. The Labute approximate surface area is 174 Å². The average Bonchev–Trinajstić information content (AvgIpc) is 2.75. The SMILES string of the molecule is CCN(c1ccccc1)S(=O)(=O)c1ccc(NC(=O)c2ccc([N+](=O)[O-])cc2)cc1. The van der Waals surface area contributed by atoms with E-state index in [1.54, 1.807) is 31.2 Å². The topological polar surface area (TPSA) is 110 Å². The van der Waals surface area contributed by atoms with E-state index in [0.29, 0.717) is 11.4 Å². The summed E-state index contributed by atoms with van der Waals surface area (Å²) in [6, 6.07) is 19.8. The predicted octanol–water partition coefficient (Wildman–Crippen LogP) is 4.06. The first-order valence-electron chi connectivity index (χ1n) is 9.06. The molecule has 154 valence electrons. The molecule has 0 atom stereocenters. The van der Waals surface area contributed by atoms with E-state index in [4.69, 9.17) is 0 Å². The Morgan fingerprint density at radius 3 is 2.10 bits per heavy atom. The van der Waals surface area contributed by atoms with Crippen LogP contribution < -0.4 is 9.62 Å². The van der Waals surface area contributed by atoms with Crippen LogP contribution in [0, 0.1) is 10.1 Å². The van der Waals surface area contributed by atoms with E-state index in [-0.39, 0.29) is 22.7 Å². The number of non-ortho nitro benzene ring substituents is 1. The molecule has 0 aromatic heterocycles. The van der Waals surface area contributed by atoms with E-state index >= 15 is 0 Å². The lowest BCUT2D eigenvalue weighted by molar-refractivity contribution is -0.384. The van der Waals surface area contributed by atoms with E-state index in [1.807, 2.05) is 6.07 Å². The van der Waals surface area contributed by atoms with Crippen molar-refractivity contribution in [1.29, 1.82) is 0 Å². The Morgan fingerprint density at radius 2 is 1.57 bits per heavy atom. The van der Waals surface area contributed by atoms with E-state index < -0.39 is 20.9 Å². The molecule has 0 aliphatic carbocycles. The number of nitrogens with zero attached hydrogens (tertiary/aromatic N) is 2. The van der Waals surface area contributed by atoms with Gasteiger partial charge in [0.05, 0.1) is 15.5 Å². The van der Waals surface area contributed by atoms with Crippen molar-refractivity contribution < 1.29 is 18.1 Å². The maximum absolute atomic E-state index is 13.0. The van der Waals surface area contributed by atoms with Gasteiger partial charge in [-0.3, -0.25) is 19.2 Å². The quantitative estimate of drug-likeness (QED) is 0.453. The Balaban J connectivity index is 1.77. The molecule has 0 saturated carbocycles. The standard InChI is InChI=1S/C21H19N3O5S/c1-2-23(18-6-4-3-5-7-18)30(28,29)20-14-10-17(11-15-20)22-21(25)16-8-12-19(13-9-16)24(26)27/h3-15H,2H2,1H3,(H,22,25). The summed E-state index contributed by atoms with van der Waals surface area (Å²) < 4.78 is 27.3. The molecule has 3 aromatic rings. The van der Waals surface area contributed by atoms with Gasteiger partial charge in [0.15, 0.2) is 0 Å². The van der Waals surface area contributed by atoms with Gasteiger partial charge < -0.3 is 5.32 Å². The maximum atomic E-state index is 13.0. The van der Waals surface area contributed by atoms with Crippen molar-refractivity contribution in [3.63, 3.8) is 0 Å². The number of hydrogen-bond acceptors (Lipinski definition) is 5. The highest BCUT2D eigenvalue weighted by molar-refractivity contribution is 7.92. The minimum absolute atomic E-state index is 0.0986. The number of anilines is 2. The summed E-state index contributed by atoms with van der Waals surface area (Å²) in [5.74, 6) is -0.458. The van der Waals surface area contributed by atoms with Crippen molar-refractivity contribution in [2.45, 2.75) is 11.8 Å². The second-order valence-electron chi connectivity index (χ2n) is 6.29. The van der Waals surface area contributed by atoms with Crippen molar-refractivity contribution in [2.75, 3.05) is 16.2 Å². The first-order chi connectivity index (χ1) is 14.3. The van der Waals surface area contributed by atoms with Crippen LogP contribution in [0.25, 0.3) is 0 Å². The van der Waals surface area contributed by atoms with Crippen LogP contribution in [0.3, 0.4) is 0 Å². The summed E-state index contributed by atoms with van der Waals surface area (Å²) in [4.78, 5) is 22.6. The molecule has 8 nitrogen and oxygen atoms in total. The van der Waals surface area contributed by atoms with Gasteiger partial charge in [-0.1, -0.05) is 18.2 Å². The van der Waals surface area contributed by atoms with Crippen molar-refractivity contribution in [2.24, 2.45) is 0 Å². The van der Waals surface area contributed by atoms with Gasteiger partial charge in [-0.15, -0.1) is 0 Å². The molecule has 9 heteroatoms. The fourth-order valence-corrected chi connectivity index (χ4v) is 4.33. The number of rotatable bonds is 7. The molecular formula is C21H19N3O5S. The van der Waals surface area contributed by atoms with Gasteiger partial charge in [-0.05, 0) is 55.5 Å². The summed E-state index contributed by atoms with van der Waals surface area (Å²) in [7, 11) is -3.76. The lowest BCUT2D eigenvalue weighted by Crippen LogP contribution is -2.30. The molecule has 0 bridgehead atoms. The summed E-state index contributed by atoms with van der Waals surface area (Å²) >= 11 is 0. The van der Waals surface area contributed by atoms with Crippen LogP contribution in [0.15, 0.2) is 83.8 Å². The van der Waals surface area contributed by atoms with Crippen LogP contribution in [0.2, 0.25) is 0 Å². The monoisotopic (exact) mass is 425 g/mol. The smallest absolute Gasteiger partial charge is 0.269 e. The van der Waals surface area contributed by atoms with Crippen LogP contribution >= 0.6 is 0 Å². The number of nitrogens with one attached hydrogen (secondary N) is 1. The average molecular weight is 425 g/mol. The van der Waals surface area contributed by atoms with Crippen molar-refractivity contribution in [3.8, 4) is 0 Å². The van der Waals surface area contributed by atoms with E-state index in [9.17, 15) is 23.3 Å². The molecule has 30 heavy (non-hydrogen) atoms. The van der Waals surface area contributed by atoms with Gasteiger partial charge in [0, 0.05) is 29.9 Å². The summed E-state index contributed by atoms with van der Waals surface area (Å²) in [6.45, 7) is 2.02.